The van der Waals surface area contributed by atoms with Gasteiger partial charge in [-0.25, -0.2) is 17.6 Å². The SMILES string of the molecule is O=C1N[C@]2(C(=O)NS(=O)(=O)C3CC3)C[C@@H]2/C=C\CCCCC[C@H](NC2CCCC2)C(=O)N2C[C@H](OC(=O)N3Cc4cccc(F)c4C3)C[C@@H]12. The average Bonchev–Trinajstić information content (AvgIpc) is 3.84. The number of benzene rings is 1. The average molecular weight is 700 g/mol. The zero-order chi connectivity index (χ0) is 34.3. The largest absolute Gasteiger partial charge is 0.444 e. The molecule has 3 N–H and O–H groups in total. The van der Waals surface area contributed by atoms with Crippen molar-refractivity contribution in [2.45, 2.75) is 132 Å². The van der Waals surface area contributed by atoms with Gasteiger partial charge in [-0.2, -0.15) is 0 Å². The summed E-state index contributed by atoms with van der Waals surface area (Å²) in [6.45, 7) is 0.234. The van der Waals surface area contributed by atoms with Crippen LogP contribution in [-0.4, -0.2) is 83.6 Å². The number of allylic oxidation sites excluding steroid dienone is 1. The Morgan fingerprint density at radius 3 is 2.53 bits per heavy atom. The third-order valence-electron chi connectivity index (χ3n) is 11.1. The predicted molar refractivity (Wildman–Crippen MR) is 177 cm³/mol. The molecule has 49 heavy (non-hydrogen) atoms. The van der Waals surface area contributed by atoms with Crippen LogP contribution >= 0.6 is 0 Å². The van der Waals surface area contributed by atoms with Crippen molar-refractivity contribution in [2.75, 3.05) is 6.54 Å². The molecule has 5 atom stereocenters. The van der Waals surface area contributed by atoms with Crippen LogP contribution in [-0.2, 0) is 42.2 Å². The lowest BCUT2D eigenvalue weighted by atomic mass is 10.0. The summed E-state index contributed by atoms with van der Waals surface area (Å²) in [5, 5.41) is 5.83. The lowest BCUT2D eigenvalue weighted by molar-refractivity contribution is -0.141. The highest BCUT2D eigenvalue weighted by Crippen LogP contribution is 2.46. The van der Waals surface area contributed by atoms with Gasteiger partial charge in [-0.15, -0.1) is 0 Å². The summed E-state index contributed by atoms with van der Waals surface area (Å²) in [7, 11) is -3.86. The summed E-state index contributed by atoms with van der Waals surface area (Å²) in [4.78, 5) is 58.4. The molecule has 3 saturated carbocycles. The highest BCUT2D eigenvalue weighted by molar-refractivity contribution is 7.91. The van der Waals surface area contributed by atoms with Crippen molar-refractivity contribution in [3.63, 3.8) is 0 Å². The van der Waals surface area contributed by atoms with Gasteiger partial charge >= 0.3 is 6.09 Å². The van der Waals surface area contributed by atoms with E-state index in [0.29, 0.717) is 30.4 Å². The first-order valence-corrected chi connectivity index (χ1v) is 19.4. The van der Waals surface area contributed by atoms with Crippen LogP contribution in [0.15, 0.2) is 30.4 Å². The molecule has 3 aliphatic carbocycles. The molecule has 6 aliphatic rings. The maximum absolute atomic E-state index is 14.4. The number of sulfonamides is 1. The van der Waals surface area contributed by atoms with Gasteiger partial charge in [0.25, 0.3) is 5.91 Å². The molecule has 1 aromatic carbocycles. The number of amides is 4. The molecule has 1 aromatic rings. The topological polar surface area (TPSA) is 154 Å². The minimum Gasteiger partial charge on any atom is -0.444 e. The number of nitrogens with one attached hydrogen (secondary N) is 3. The van der Waals surface area contributed by atoms with Gasteiger partial charge in [0.2, 0.25) is 21.8 Å². The van der Waals surface area contributed by atoms with Crippen LogP contribution < -0.4 is 15.4 Å². The van der Waals surface area contributed by atoms with Crippen LogP contribution in [0.2, 0.25) is 0 Å². The zero-order valence-corrected chi connectivity index (χ0v) is 28.5. The van der Waals surface area contributed by atoms with Gasteiger partial charge in [-0.05, 0) is 63.0 Å². The van der Waals surface area contributed by atoms with Crippen molar-refractivity contribution in [2.24, 2.45) is 5.92 Å². The van der Waals surface area contributed by atoms with Crippen LogP contribution in [0.1, 0.15) is 94.6 Å². The predicted octanol–water partition coefficient (Wildman–Crippen LogP) is 3.15. The number of carbonyl (C=O) groups excluding carboxylic acids is 4. The number of halogens is 1. The first-order chi connectivity index (χ1) is 23.5. The van der Waals surface area contributed by atoms with E-state index in [1.54, 1.807) is 12.1 Å². The highest BCUT2D eigenvalue weighted by Gasteiger charge is 2.62. The smallest absolute Gasteiger partial charge is 0.410 e. The van der Waals surface area contributed by atoms with Gasteiger partial charge in [-0.1, -0.05) is 50.0 Å². The standard InChI is InChI=1S/C35H46FN5O7S/c36-28-13-8-9-22-19-40(21-27(22)28)34(45)48-25-17-30-31(42)38-35(33(44)39-49(46,47)26-15-16-26)18-23(35)10-4-2-1-3-5-14-29(32(43)41(30)20-25)37-24-11-6-7-12-24/h4,8-10,13,23-26,29-30,37H,1-3,5-7,11-12,14-21H2,(H,38,42)(H,39,44)/b10-4-/t23-,25+,29-,30-,35+/m0/s1. The fourth-order valence-corrected chi connectivity index (χ4v) is 9.34. The van der Waals surface area contributed by atoms with E-state index >= 15 is 0 Å². The van der Waals surface area contributed by atoms with Crippen molar-refractivity contribution in [3.05, 3.63) is 47.3 Å². The van der Waals surface area contributed by atoms with Crippen LogP contribution in [0.3, 0.4) is 0 Å². The molecule has 0 radical (unpaired) electrons. The van der Waals surface area contributed by atoms with Crippen LogP contribution in [0.5, 0.6) is 0 Å². The summed E-state index contributed by atoms with van der Waals surface area (Å²) in [5.74, 6) is -2.40. The molecule has 0 aromatic heterocycles. The Balaban J connectivity index is 1.13. The van der Waals surface area contributed by atoms with E-state index in [2.05, 4.69) is 15.4 Å². The van der Waals surface area contributed by atoms with Crippen LogP contribution in [0, 0.1) is 11.7 Å². The van der Waals surface area contributed by atoms with Crippen molar-refractivity contribution in [3.8, 4) is 0 Å². The van der Waals surface area contributed by atoms with Gasteiger partial charge < -0.3 is 20.3 Å². The Morgan fingerprint density at radius 1 is 1.00 bits per heavy atom. The van der Waals surface area contributed by atoms with Crippen molar-refractivity contribution in [1.82, 2.24) is 25.2 Å². The number of rotatable bonds is 6. The summed E-state index contributed by atoms with van der Waals surface area (Å²) < 4.78 is 48.0. The maximum Gasteiger partial charge on any atom is 0.410 e. The van der Waals surface area contributed by atoms with Gasteiger partial charge in [0, 0.05) is 30.5 Å². The molecule has 4 amide bonds. The van der Waals surface area contributed by atoms with E-state index in [9.17, 15) is 32.0 Å². The van der Waals surface area contributed by atoms with Crippen molar-refractivity contribution >= 4 is 33.8 Å². The summed E-state index contributed by atoms with van der Waals surface area (Å²) in [6.07, 6.45) is 11.7. The van der Waals surface area contributed by atoms with E-state index in [-0.39, 0.29) is 44.4 Å². The van der Waals surface area contributed by atoms with E-state index in [4.69, 9.17) is 4.74 Å². The second-order valence-corrected chi connectivity index (χ2v) is 16.7. The monoisotopic (exact) mass is 699 g/mol. The second kappa shape index (κ2) is 13.7. The lowest BCUT2D eigenvalue weighted by Gasteiger charge is -2.31. The molecule has 4 fully saturated rings. The third kappa shape index (κ3) is 7.21. The second-order valence-electron chi connectivity index (χ2n) is 14.7. The van der Waals surface area contributed by atoms with E-state index in [0.717, 1.165) is 51.4 Å². The summed E-state index contributed by atoms with van der Waals surface area (Å²) >= 11 is 0. The molecule has 1 saturated heterocycles. The lowest BCUT2D eigenvalue weighted by Crippen LogP contribution is -2.58. The molecule has 0 unspecified atom stereocenters. The Hall–Kier alpha value is -3.52. The van der Waals surface area contributed by atoms with Crippen LogP contribution in [0.4, 0.5) is 9.18 Å². The fourth-order valence-electron chi connectivity index (χ4n) is 7.97. The summed E-state index contributed by atoms with van der Waals surface area (Å²) in [5.41, 5.74) is -0.326. The van der Waals surface area contributed by atoms with E-state index in [1.165, 1.54) is 15.9 Å². The molecule has 14 heteroatoms. The number of hydrogen-bond donors (Lipinski definition) is 3. The van der Waals surface area contributed by atoms with Crippen molar-refractivity contribution in [1.29, 1.82) is 0 Å². The molecular formula is C35H46FN5O7S. The van der Waals surface area contributed by atoms with E-state index < -0.39 is 68.6 Å². The Labute approximate surface area is 286 Å². The quantitative estimate of drug-likeness (QED) is 0.383. The Morgan fingerprint density at radius 2 is 1.78 bits per heavy atom. The zero-order valence-electron chi connectivity index (χ0n) is 27.7. The normalized spacial score (nSPS) is 31.5. The van der Waals surface area contributed by atoms with Crippen LogP contribution in [0.25, 0.3) is 0 Å². The number of hydrogen-bond acceptors (Lipinski definition) is 8. The molecule has 12 nitrogen and oxygen atoms in total. The maximum atomic E-state index is 14.4. The fraction of sp³-hybridized carbons (Fsp3) is 0.657. The molecule has 3 aliphatic heterocycles. The van der Waals surface area contributed by atoms with Gasteiger partial charge in [0.1, 0.15) is 23.5 Å². The number of carbonyl (C=O) groups is 4. The third-order valence-corrected chi connectivity index (χ3v) is 12.9. The molecule has 0 bridgehead atoms. The Bertz CT molecular complexity index is 1630. The minimum atomic E-state index is -3.86. The number of nitrogens with zero attached hydrogens (tertiary/aromatic N) is 2. The minimum absolute atomic E-state index is 0.00713. The number of fused-ring (bicyclic) bond motifs is 3. The first-order valence-electron chi connectivity index (χ1n) is 17.9. The summed E-state index contributed by atoms with van der Waals surface area (Å²) in [6, 6.07) is 3.34. The molecule has 0 spiro atoms. The van der Waals surface area contributed by atoms with Crippen molar-refractivity contribution < 1.29 is 36.7 Å². The van der Waals surface area contributed by atoms with Gasteiger partial charge in [-0.3, -0.25) is 24.0 Å². The molecule has 3 heterocycles. The molecular weight excluding hydrogens is 653 g/mol. The molecule has 7 rings (SSSR count). The molecule has 266 valence electrons. The Kier molecular flexibility index (Phi) is 9.46. The van der Waals surface area contributed by atoms with Gasteiger partial charge in [0.05, 0.1) is 24.4 Å². The first kappa shape index (κ1) is 34.0. The highest BCUT2D eigenvalue weighted by atomic mass is 32.2. The van der Waals surface area contributed by atoms with E-state index in [1.807, 2.05) is 12.2 Å². The van der Waals surface area contributed by atoms with Gasteiger partial charge in [0.15, 0.2) is 0 Å². The number of ether oxygens (including phenoxy) is 1.